The van der Waals surface area contributed by atoms with E-state index in [-0.39, 0.29) is 11.5 Å². The second kappa shape index (κ2) is 7.51. The molecule has 1 heterocycles. The third-order valence-corrected chi connectivity index (χ3v) is 3.89. The van der Waals surface area contributed by atoms with Gasteiger partial charge in [0.15, 0.2) is 0 Å². The van der Waals surface area contributed by atoms with Crippen molar-refractivity contribution < 1.29 is 9.53 Å². The van der Waals surface area contributed by atoms with Gasteiger partial charge in [0.1, 0.15) is 17.4 Å². The molecule has 0 aromatic heterocycles. The molecule has 0 spiro atoms. The number of ether oxygens (including phenoxy) is 1. The zero-order valence-electron chi connectivity index (χ0n) is 13.0. The topological polar surface area (TPSA) is 65.4 Å². The first-order valence-electron chi connectivity index (χ1n) is 7.44. The average molecular weight is 299 g/mol. The predicted octanol–water partition coefficient (Wildman–Crippen LogP) is 2.77. The minimum atomic E-state index is -0.199. The number of carbonyl (C=O) groups is 1. The summed E-state index contributed by atoms with van der Waals surface area (Å²) in [6.07, 6.45) is 3.47. The molecule has 0 saturated carbocycles. The van der Waals surface area contributed by atoms with Crippen LogP contribution in [0.25, 0.3) is 0 Å². The van der Waals surface area contributed by atoms with E-state index in [4.69, 9.17) is 4.74 Å². The van der Waals surface area contributed by atoms with E-state index < -0.39 is 0 Å². The molecule has 1 N–H and O–H groups in total. The van der Waals surface area contributed by atoms with Gasteiger partial charge in [-0.2, -0.15) is 5.26 Å². The zero-order chi connectivity index (χ0) is 15.9. The van der Waals surface area contributed by atoms with Crippen LogP contribution in [0.15, 0.2) is 36.0 Å². The van der Waals surface area contributed by atoms with Gasteiger partial charge in [0.25, 0.3) is 5.91 Å². The summed E-state index contributed by atoms with van der Waals surface area (Å²) in [6, 6.07) is 9.28. The standard InChI is InChI=1S/C17H21N3O2/c1-13-7-9-20(10-8-13)17(21)14(11-18)12-19-15-3-5-16(22-2)6-4-15/h3-6,12-13,19H,7-10H2,1-2H3/b14-12-. The van der Waals surface area contributed by atoms with Gasteiger partial charge in [0, 0.05) is 25.0 Å². The number of carbonyl (C=O) groups excluding carboxylic acids is 1. The van der Waals surface area contributed by atoms with Crippen LogP contribution in [-0.2, 0) is 4.79 Å². The highest BCUT2D eigenvalue weighted by molar-refractivity contribution is 5.97. The Labute approximate surface area is 131 Å². The first-order chi connectivity index (χ1) is 10.6. The molecule has 0 unspecified atom stereocenters. The number of nitrogens with zero attached hydrogens (tertiary/aromatic N) is 2. The fraction of sp³-hybridized carbons (Fsp3) is 0.412. The van der Waals surface area contributed by atoms with E-state index in [9.17, 15) is 10.1 Å². The lowest BCUT2D eigenvalue weighted by molar-refractivity contribution is -0.128. The van der Waals surface area contributed by atoms with E-state index in [0.717, 1.165) is 37.4 Å². The van der Waals surface area contributed by atoms with E-state index >= 15 is 0 Å². The van der Waals surface area contributed by atoms with Crippen molar-refractivity contribution in [3.8, 4) is 11.8 Å². The van der Waals surface area contributed by atoms with Gasteiger partial charge in [-0.25, -0.2) is 0 Å². The van der Waals surface area contributed by atoms with Crippen LogP contribution in [0.3, 0.4) is 0 Å². The molecule has 1 aliphatic rings. The van der Waals surface area contributed by atoms with Crippen LogP contribution < -0.4 is 10.1 Å². The first-order valence-corrected chi connectivity index (χ1v) is 7.44. The molecular weight excluding hydrogens is 278 g/mol. The molecule has 1 aromatic carbocycles. The molecule has 116 valence electrons. The van der Waals surface area contributed by atoms with Gasteiger partial charge in [-0.1, -0.05) is 6.92 Å². The van der Waals surface area contributed by atoms with Gasteiger partial charge < -0.3 is 15.0 Å². The number of hydrogen-bond acceptors (Lipinski definition) is 4. The molecule has 22 heavy (non-hydrogen) atoms. The Morgan fingerprint density at radius 2 is 2.00 bits per heavy atom. The minimum absolute atomic E-state index is 0.130. The molecular formula is C17H21N3O2. The number of benzene rings is 1. The Morgan fingerprint density at radius 1 is 1.36 bits per heavy atom. The summed E-state index contributed by atoms with van der Waals surface area (Å²) in [4.78, 5) is 14.1. The molecule has 0 atom stereocenters. The van der Waals surface area contributed by atoms with Gasteiger partial charge in [-0.3, -0.25) is 4.79 Å². The van der Waals surface area contributed by atoms with Crippen molar-refractivity contribution in [2.45, 2.75) is 19.8 Å². The predicted molar refractivity (Wildman–Crippen MR) is 85.3 cm³/mol. The monoisotopic (exact) mass is 299 g/mol. The fourth-order valence-electron chi connectivity index (χ4n) is 2.37. The molecule has 1 amide bonds. The van der Waals surface area contributed by atoms with E-state index in [1.54, 1.807) is 12.0 Å². The van der Waals surface area contributed by atoms with Crippen molar-refractivity contribution in [3.05, 3.63) is 36.0 Å². The van der Waals surface area contributed by atoms with Crippen LogP contribution in [0, 0.1) is 17.2 Å². The fourth-order valence-corrected chi connectivity index (χ4v) is 2.37. The Kier molecular flexibility index (Phi) is 5.42. The summed E-state index contributed by atoms with van der Waals surface area (Å²) >= 11 is 0. The third kappa shape index (κ3) is 4.01. The molecule has 1 aliphatic heterocycles. The maximum absolute atomic E-state index is 12.3. The summed E-state index contributed by atoms with van der Waals surface area (Å²) in [5.41, 5.74) is 0.930. The van der Waals surface area contributed by atoms with Crippen LogP contribution in [0.2, 0.25) is 0 Å². The summed E-state index contributed by atoms with van der Waals surface area (Å²) in [5.74, 6) is 1.21. The number of nitriles is 1. The van der Waals surface area contributed by atoms with E-state index in [1.807, 2.05) is 30.3 Å². The number of likely N-dealkylation sites (tertiary alicyclic amines) is 1. The lowest BCUT2D eigenvalue weighted by Gasteiger charge is -2.30. The second-order valence-electron chi connectivity index (χ2n) is 5.52. The van der Waals surface area contributed by atoms with Crippen molar-refractivity contribution in [3.63, 3.8) is 0 Å². The molecule has 0 radical (unpaired) electrons. The van der Waals surface area contributed by atoms with Gasteiger partial charge >= 0.3 is 0 Å². The average Bonchev–Trinajstić information content (AvgIpc) is 2.56. The number of anilines is 1. The SMILES string of the molecule is COc1ccc(N/C=C(/C#N)C(=O)N2CCC(C)CC2)cc1. The number of amides is 1. The molecule has 1 fully saturated rings. The maximum Gasteiger partial charge on any atom is 0.266 e. The number of piperidine rings is 1. The molecule has 1 aromatic rings. The number of nitrogens with one attached hydrogen (secondary N) is 1. The van der Waals surface area contributed by atoms with E-state index in [2.05, 4.69) is 12.2 Å². The van der Waals surface area contributed by atoms with Crippen LogP contribution in [0.1, 0.15) is 19.8 Å². The smallest absolute Gasteiger partial charge is 0.266 e. The van der Waals surface area contributed by atoms with Gasteiger partial charge in [-0.05, 0) is 43.0 Å². The Morgan fingerprint density at radius 3 is 2.55 bits per heavy atom. The summed E-state index contributed by atoms with van der Waals surface area (Å²) < 4.78 is 5.09. The summed E-state index contributed by atoms with van der Waals surface area (Å²) in [5, 5.41) is 12.2. The molecule has 1 saturated heterocycles. The van der Waals surface area contributed by atoms with Crippen molar-refractivity contribution >= 4 is 11.6 Å². The van der Waals surface area contributed by atoms with Crippen molar-refractivity contribution in [2.24, 2.45) is 5.92 Å². The van der Waals surface area contributed by atoms with Crippen LogP contribution in [-0.4, -0.2) is 31.0 Å². The number of hydrogen-bond donors (Lipinski definition) is 1. The van der Waals surface area contributed by atoms with E-state index in [0.29, 0.717) is 5.92 Å². The summed E-state index contributed by atoms with van der Waals surface area (Å²) in [6.45, 7) is 3.64. The van der Waals surface area contributed by atoms with Crippen molar-refractivity contribution in [1.82, 2.24) is 4.90 Å². The number of methoxy groups -OCH3 is 1. The highest BCUT2D eigenvalue weighted by atomic mass is 16.5. The highest BCUT2D eigenvalue weighted by Crippen LogP contribution is 2.18. The van der Waals surface area contributed by atoms with Crippen LogP contribution in [0.5, 0.6) is 5.75 Å². The Balaban J connectivity index is 2.00. The third-order valence-electron chi connectivity index (χ3n) is 3.89. The molecule has 5 heteroatoms. The lowest BCUT2D eigenvalue weighted by Crippen LogP contribution is -2.38. The van der Waals surface area contributed by atoms with Crippen LogP contribution >= 0.6 is 0 Å². The van der Waals surface area contributed by atoms with Gasteiger partial charge in [0.2, 0.25) is 0 Å². The molecule has 0 aliphatic carbocycles. The first kappa shape index (κ1) is 15.9. The maximum atomic E-state index is 12.3. The van der Waals surface area contributed by atoms with E-state index in [1.165, 1.54) is 6.20 Å². The molecule has 2 rings (SSSR count). The van der Waals surface area contributed by atoms with Crippen molar-refractivity contribution in [2.75, 3.05) is 25.5 Å². The van der Waals surface area contributed by atoms with Gasteiger partial charge in [-0.15, -0.1) is 0 Å². The lowest BCUT2D eigenvalue weighted by atomic mass is 9.99. The summed E-state index contributed by atoms with van der Waals surface area (Å²) in [7, 11) is 1.61. The minimum Gasteiger partial charge on any atom is -0.497 e. The zero-order valence-corrected chi connectivity index (χ0v) is 13.0. The molecule has 0 bridgehead atoms. The highest BCUT2D eigenvalue weighted by Gasteiger charge is 2.22. The largest absolute Gasteiger partial charge is 0.497 e. The van der Waals surface area contributed by atoms with Gasteiger partial charge in [0.05, 0.1) is 7.11 Å². The molecule has 5 nitrogen and oxygen atoms in total. The number of rotatable bonds is 4. The second-order valence-corrected chi connectivity index (χ2v) is 5.52. The quantitative estimate of drug-likeness (QED) is 0.686. The normalized spacial score (nSPS) is 16.0. The Bertz CT molecular complexity index is 579. The Hall–Kier alpha value is -2.48. The van der Waals surface area contributed by atoms with Crippen LogP contribution in [0.4, 0.5) is 5.69 Å². The van der Waals surface area contributed by atoms with Crippen molar-refractivity contribution in [1.29, 1.82) is 5.26 Å².